The summed E-state index contributed by atoms with van der Waals surface area (Å²) in [5.41, 5.74) is 1.99. The van der Waals surface area contributed by atoms with Crippen LogP contribution in [0.2, 0.25) is 0 Å². The first-order chi connectivity index (χ1) is 31.6. The molecule has 65 heavy (non-hydrogen) atoms. The molecule has 5 aromatic rings. The molecule has 8 heterocycles. The summed E-state index contributed by atoms with van der Waals surface area (Å²) in [5, 5.41) is 40.9. The number of nitrogens with zero attached hydrogens (tertiary/aromatic N) is 9. The fourth-order valence-corrected chi connectivity index (χ4v) is 11.4. The number of benzene rings is 1. The highest BCUT2D eigenvalue weighted by Gasteiger charge is 2.43. The number of aliphatic hydroxyl groups excluding tert-OH is 2. The molecular weight excluding hydrogens is 841 g/mol. The third kappa shape index (κ3) is 8.48. The number of anilines is 2. The zero-order valence-electron chi connectivity index (χ0n) is 36.7. The molecule has 2 aliphatic carbocycles. The van der Waals surface area contributed by atoms with E-state index in [1.165, 1.54) is 0 Å². The smallest absolute Gasteiger partial charge is 0.284 e. The maximum absolute atomic E-state index is 14.4. The molecule has 4 saturated heterocycles. The number of amides is 1. The van der Waals surface area contributed by atoms with Gasteiger partial charge in [0.05, 0.1) is 71.9 Å². The van der Waals surface area contributed by atoms with Gasteiger partial charge in [-0.05, 0) is 108 Å². The summed E-state index contributed by atoms with van der Waals surface area (Å²) in [5.74, 6) is 1.77. The Morgan fingerprint density at radius 1 is 0.969 bits per heavy atom. The molecule has 5 atom stereocenters. The summed E-state index contributed by atoms with van der Waals surface area (Å²) in [4.78, 5) is 23.0. The van der Waals surface area contributed by atoms with Gasteiger partial charge in [-0.1, -0.05) is 6.07 Å². The fourth-order valence-electron chi connectivity index (χ4n) is 11.4. The molecule has 11 rings (SSSR count). The molecule has 4 aromatic heterocycles. The minimum atomic E-state index is -2.85. The molecule has 17 nitrogen and oxygen atoms in total. The maximum Gasteiger partial charge on any atom is 0.284 e. The van der Waals surface area contributed by atoms with E-state index in [0.717, 1.165) is 106 Å². The number of aliphatic hydroxyl groups is 2. The predicted octanol–water partition coefficient (Wildman–Crippen LogP) is 5.38. The minimum absolute atomic E-state index is 0.0155. The molecule has 19 heteroatoms. The lowest BCUT2D eigenvalue weighted by Gasteiger charge is -2.39. The third-order valence-corrected chi connectivity index (χ3v) is 14.9. The van der Waals surface area contributed by atoms with Crippen molar-refractivity contribution in [2.45, 2.75) is 133 Å². The van der Waals surface area contributed by atoms with E-state index in [1.807, 2.05) is 29.8 Å². The summed E-state index contributed by atoms with van der Waals surface area (Å²) < 4.78 is 52.7. The molecule has 0 spiro atoms. The normalized spacial score (nSPS) is 29.9. The van der Waals surface area contributed by atoms with Gasteiger partial charge in [0, 0.05) is 44.8 Å². The van der Waals surface area contributed by atoms with Crippen molar-refractivity contribution < 1.29 is 38.0 Å². The topological polar surface area (TPSA) is 182 Å². The van der Waals surface area contributed by atoms with Crippen LogP contribution in [0.1, 0.15) is 111 Å². The van der Waals surface area contributed by atoms with E-state index in [9.17, 15) is 23.8 Å². The van der Waals surface area contributed by atoms with Crippen LogP contribution < -0.4 is 20.3 Å². The van der Waals surface area contributed by atoms with Crippen LogP contribution in [0.25, 0.3) is 16.6 Å². The van der Waals surface area contributed by atoms with Crippen molar-refractivity contribution in [2.24, 2.45) is 11.8 Å². The van der Waals surface area contributed by atoms with Gasteiger partial charge in [0.25, 0.3) is 12.3 Å². The Hall–Kier alpha value is -4.79. The number of ether oxygens (including phenoxy) is 3. The Morgan fingerprint density at radius 3 is 2.55 bits per heavy atom. The summed E-state index contributed by atoms with van der Waals surface area (Å²) in [6, 6.07) is 7.54. The number of fused-ring (bicyclic) bond motifs is 4. The number of rotatable bonds is 13. The highest BCUT2D eigenvalue weighted by molar-refractivity contribution is 6.12. The van der Waals surface area contributed by atoms with Crippen molar-refractivity contribution >= 4 is 34.0 Å². The van der Waals surface area contributed by atoms with E-state index in [4.69, 9.17) is 19.3 Å². The van der Waals surface area contributed by atoms with Crippen molar-refractivity contribution in [1.82, 2.24) is 44.4 Å². The van der Waals surface area contributed by atoms with E-state index >= 15 is 0 Å². The monoisotopic (exact) mass is 899 g/mol. The first kappa shape index (κ1) is 42.8. The Bertz CT molecular complexity index is 2490. The summed E-state index contributed by atoms with van der Waals surface area (Å²) >= 11 is 0. The van der Waals surface area contributed by atoms with E-state index in [2.05, 4.69) is 35.6 Å². The maximum atomic E-state index is 14.4. The van der Waals surface area contributed by atoms with Gasteiger partial charge < -0.3 is 39.5 Å². The number of piperidine rings is 2. The molecule has 6 fully saturated rings. The van der Waals surface area contributed by atoms with Crippen LogP contribution in [-0.2, 0) is 9.47 Å². The van der Waals surface area contributed by atoms with Gasteiger partial charge in [-0.25, -0.2) is 18.3 Å². The molecule has 6 aliphatic rings. The van der Waals surface area contributed by atoms with Crippen molar-refractivity contribution in [3.05, 3.63) is 59.8 Å². The van der Waals surface area contributed by atoms with Gasteiger partial charge >= 0.3 is 0 Å². The number of hydrogen-bond acceptors (Lipinski definition) is 13. The van der Waals surface area contributed by atoms with Crippen LogP contribution in [-0.4, -0.2) is 131 Å². The van der Waals surface area contributed by atoms with E-state index in [-0.39, 0.29) is 47.7 Å². The second kappa shape index (κ2) is 17.8. The van der Waals surface area contributed by atoms with Crippen molar-refractivity contribution in [1.29, 1.82) is 0 Å². The number of alkyl halides is 2. The third-order valence-electron chi connectivity index (χ3n) is 14.9. The van der Waals surface area contributed by atoms with E-state index < -0.39 is 30.5 Å². The molecule has 0 unspecified atom stereocenters. The molecule has 2 bridgehead atoms. The molecule has 2 saturated carbocycles. The molecule has 0 radical (unpaired) electrons. The Morgan fingerprint density at radius 2 is 1.80 bits per heavy atom. The van der Waals surface area contributed by atoms with Crippen LogP contribution in [0.4, 0.5) is 20.3 Å². The first-order valence-electron chi connectivity index (χ1n) is 23.6. The van der Waals surface area contributed by atoms with Crippen molar-refractivity contribution in [3.63, 3.8) is 0 Å². The number of nitrogens with one attached hydrogen (secondary N) is 2. The van der Waals surface area contributed by atoms with Gasteiger partial charge in [-0.3, -0.25) is 19.5 Å². The lowest BCUT2D eigenvalue weighted by molar-refractivity contribution is -0.0481. The number of halogens is 2. The molecule has 348 valence electrons. The Balaban J connectivity index is 0.628. The highest BCUT2D eigenvalue weighted by atomic mass is 19.3. The van der Waals surface area contributed by atoms with Crippen LogP contribution in [0, 0.1) is 18.8 Å². The summed E-state index contributed by atoms with van der Waals surface area (Å²) in [6.45, 7) is 6.92. The molecule has 4 N–H and O–H groups in total. The van der Waals surface area contributed by atoms with E-state index in [1.54, 1.807) is 33.9 Å². The minimum Gasteiger partial charge on any atom is -0.490 e. The van der Waals surface area contributed by atoms with Gasteiger partial charge in [0.15, 0.2) is 17.2 Å². The molecule has 1 aromatic carbocycles. The average Bonchev–Trinajstić information content (AvgIpc) is 4.14. The first-order valence-corrected chi connectivity index (χ1v) is 23.6. The molecule has 4 aliphatic heterocycles. The number of morpholine rings is 1. The number of carbonyl (C=O) groups is 1. The standard InChI is InChI=1S/C46H59F2N11O6/c1-26-39-35(59(52-26)36-10-11-38(60)51-45(36)61)4-2-5-37(39)65-32-18-28(19-32)24-63-31-12-16-55(17-13-31)21-27-6-8-29(9-7-27)58-23-34(41(53-58)42(47)48)50-46(62)40-43-49-14-3-15-57(43)54-44(40)56-22-33-20-30(56)25-64-33/h2-5,14-15,23,27-33,36,38,42,45,51,60-61H,6-13,16-22,24-25H2,1H3,(H,50,62)/t27?,28?,29?,30-,32?,33-,36+,38+,45+/m1/s1. The second-order valence-corrected chi connectivity index (χ2v) is 19.3. The zero-order chi connectivity index (χ0) is 44.3. The molecular formula is C46H59F2N11O6. The zero-order valence-corrected chi connectivity index (χ0v) is 36.7. The number of aryl methyl sites for hydroxylation is 1. The Labute approximate surface area is 375 Å². The van der Waals surface area contributed by atoms with E-state index in [0.29, 0.717) is 49.3 Å². The number of aromatic nitrogens is 7. The number of hydrogen-bond donors (Lipinski definition) is 4. The summed E-state index contributed by atoms with van der Waals surface area (Å²) in [7, 11) is 0. The molecule has 1 amide bonds. The van der Waals surface area contributed by atoms with Gasteiger partial charge in [0.1, 0.15) is 23.8 Å². The Kier molecular flexibility index (Phi) is 11.7. The van der Waals surface area contributed by atoms with Crippen LogP contribution in [0.3, 0.4) is 0 Å². The number of carbonyl (C=O) groups excluding carboxylic acids is 1. The average molecular weight is 900 g/mol. The van der Waals surface area contributed by atoms with Gasteiger partial charge in [-0.15, -0.1) is 5.10 Å². The van der Waals surface area contributed by atoms with Crippen LogP contribution in [0.5, 0.6) is 5.75 Å². The lowest BCUT2D eigenvalue weighted by Crippen LogP contribution is -2.48. The lowest BCUT2D eigenvalue weighted by atomic mass is 9.83. The highest BCUT2D eigenvalue weighted by Crippen LogP contribution is 2.40. The van der Waals surface area contributed by atoms with Crippen LogP contribution >= 0.6 is 0 Å². The van der Waals surface area contributed by atoms with Gasteiger partial charge in [0.2, 0.25) is 0 Å². The van der Waals surface area contributed by atoms with Crippen LogP contribution in [0.15, 0.2) is 42.9 Å². The quantitative estimate of drug-likeness (QED) is 0.118. The largest absolute Gasteiger partial charge is 0.490 e. The summed E-state index contributed by atoms with van der Waals surface area (Å²) in [6.07, 6.45) is 10.5. The number of likely N-dealkylation sites (tertiary alicyclic amines) is 1. The second-order valence-electron chi connectivity index (χ2n) is 19.3. The van der Waals surface area contributed by atoms with Gasteiger partial charge in [-0.2, -0.15) is 10.2 Å². The predicted molar refractivity (Wildman–Crippen MR) is 235 cm³/mol. The van der Waals surface area contributed by atoms with Crippen molar-refractivity contribution in [3.8, 4) is 5.75 Å². The van der Waals surface area contributed by atoms with Crippen molar-refractivity contribution in [2.75, 3.05) is 49.6 Å². The fraction of sp³-hybridized carbons (Fsp3) is 0.630. The SMILES string of the molecule is Cc1nn([C@H]2CC[C@H](O)N[C@H]2O)c2cccc(OC3CC(COC4CCN(CC5CCC(n6cc(NC(=O)c7c(N8C[C@H]9C[C@@H]8CO9)nn8cccnc78)c(C(F)F)n6)CC5)CC4)C3)c12.